The lowest BCUT2D eigenvalue weighted by Crippen LogP contribution is -2.17. The van der Waals surface area contributed by atoms with Crippen molar-refractivity contribution in [2.24, 2.45) is 0 Å². The zero-order valence-electron chi connectivity index (χ0n) is 17.6. The Kier molecular flexibility index (Phi) is 6.55. The third-order valence-corrected chi connectivity index (χ3v) is 5.57. The molecular weight excluding hydrogens is 447 g/mol. The zero-order valence-corrected chi connectivity index (χ0v) is 18.4. The summed E-state index contributed by atoms with van der Waals surface area (Å²) in [6, 6.07) is 12.7. The molecule has 0 fully saturated rings. The van der Waals surface area contributed by atoms with Crippen LogP contribution in [0, 0.1) is 5.82 Å². The molecule has 4 rings (SSSR count). The van der Waals surface area contributed by atoms with Gasteiger partial charge in [-0.2, -0.15) is 9.61 Å². The van der Waals surface area contributed by atoms with Gasteiger partial charge in [0, 0.05) is 23.7 Å². The first-order valence-corrected chi connectivity index (χ1v) is 11.0. The molecular formula is C23H19FN4O4S. The number of benzene rings is 2. The van der Waals surface area contributed by atoms with Crippen LogP contribution in [0.4, 0.5) is 10.1 Å². The molecule has 0 unspecified atom stereocenters. The third-order valence-electron chi connectivity index (χ3n) is 4.60. The van der Waals surface area contributed by atoms with E-state index in [-0.39, 0.29) is 23.3 Å². The van der Waals surface area contributed by atoms with Crippen molar-refractivity contribution in [1.29, 1.82) is 0 Å². The summed E-state index contributed by atoms with van der Waals surface area (Å²) in [7, 11) is 0. The quantitative estimate of drug-likeness (QED) is 0.415. The van der Waals surface area contributed by atoms with E-state index in [1.165, 1.54) is 52.3 Å². The van der Waals surface area contributed by atoms with Crippen LogP contribution in [-0.2, 0) is 17.8 Å². The molecule has 0 aliphatic rings. The van der Waals surface area contributed by atoms with Gasteiger partial charge in [-0.15, -0.1) is 0 Å². The van der Waals surface area contributed by atoms with Gasteiger partial charge in [0.1, 0.15) is 17.4 Å². The fourth-order valence-electron chi connectivity index (χ4n) is 3.06. The van der Waals surface area contributed by atoms with E-state index in [2.05, 4.69) is 15.4 Å². The Hall–Kier alpha value is -3.92. The standard InChI is InChI=1S/C23H19FN4O4S/c1-2-5-19-27-28-20(29)12-18(26-23(28)33-19)13-32-22(31)15-7-4-9-17(11-15)25-21(30)14-6-3-8-16(24)10-14/h3-4,6-12H,2,5,13H2,1H3,(H,25,30). The summed E-state index contributed by atoms with van der Waals surface area (Å²) < 4.78 is 19.9. The Morgan fingerprint density at radius 3 is 2.70 bits per heavy atom. The van der Waals surface area contributed by atoms with Gasteiger partial charge in [0.2, 0.25) is 4.96 Å². The number of ether oxygens (including phenoxy) is 1. The summed E-state index contributed by atoms with van der Waals surface area (Å²) >= 11 is 1.32. The van der Waals surface area contributed by atoms with Crippen molar-refractivity contribution in [1.82, 2.24) is 14.6 Å². The Labute approximate surface area is 191 Å². The minimum Gasteiger partial charge on any atom is -0.456 e. The molecule has 1 amide bonds. The average molecular weight is 466 g/mol. The molecule has 8 nitrogen and oxygen atoms in total. The molecule has 0 atom stereocenters. The average Bonchev–Trinajstić information content (AvgIpc) is 3.21. The van der Waals surface area contributed by atoms with E-state index >= 15 is 0 Å². The second-order valence-electron chi connectivity index (χ2n) is 7.15. The number of halogens is 1. The minimum absolute atomic E-state index is 0.154. The monoisotopic (exact) mass is 466 g/mol. The Bertz CT molecular complexity index is 1400. The van der Waals surface area contributed by atoms with Crippen molar-refractivity contribution in [3.63, 3.8) is 0 Å². The maximum absolute atomic E-state index is 13.3. The van der Waals surface area contributed by atoms with Gasteiger partial charge in [0.25, 0.3) is 11.5 Å². The Balaban J connectivity index is 1.43. The zero-order chi connectivity index (χ0) is 23.4. The molecule has 2 aromatic carbocycles. The predicted octanol–water partition coefficient (Wildman–Crippen LogP) is 3.85. The highest BCUT2D eigenvalue weighted by Gasteiger charge is 2.13. The molecule has 0 radical (unpaired) electrons. The van der Waals surface area contributed by atoms with Crippen LogP contribution >= 0.6 is 11.3 Å². The number of carbonyl (C=O) groups is 2. The number of aromatic nitrogens is 3. The fraction of sp³-hybridized carbons (Fsp3) is 0.174. The molecule has 168 valence electrons. The van der Waals surface area contributed by atoms with E-state index < -0.39 is 17.7 Å². The van der Waals surface area contributed by atoms with Gasteiger partial charge < -0.3 is 10.1 Å². The maximum atomic E-state index is 13.3. The molecule has 4 aromatic rings. The summed E-state index contributed by atoms with van der Waals surface area (Å²) in [6.45, 7) is 1.83. The van der Waals surface area contributed by atoms with Crippen LogP contribution in [0.3, 0.4) is 0 Å². The molecule has 0 aliphatic carbocycles. The lowest BCUT2D eigenvalue weighted by molar-refractivity contribution is 0.0467. The summed E-state index contributed by atoms with van der Waals surface area (Å²) in [4.78, 5) is 41.9. The molecule has 0 saturated heterocycles. The highest BCUT2D eigenvalue weighted by molar-refractivity contribution is 7.16. The van der Waals surface area contributed by atoms with Crippen LogP contribution in [-0.4, -0.2) is 26.5 Å². The van der Waals surface area contributed by atoms with Gasteiger partial charge in [-0.1, -0.05) is 30.4 Å². The predicted molar refractivity (Wildman–Crippen MR) is 121 cm³/mol. The number of aryl methyl sites for hydroxylation is 1. The number of hydrogen-bond acceptors (Lipinski definition) is 7. The molecule has 0 aliphatic heterocycles. The van der Waals surface area contributed by atoms with Crippen molar-refractivity contribution in [2.45, 2.75) is 26.4 Å². The Morgan fingerprint density at radius 2 is 1.91 bits per heavy atom. The topological polar surface area (TPSA) is 103 Å². The van der Waals surface area contributed by atoms with Crippen LogP contribution in [0.15, 0.2) is 59.4 Å². The molecule has 2 heterocycles. The summed E-state index contributed by atoms with van der Waals surface area (Å²) in [5, 5.41) is 7.68. The van der Waals surface area contributed by atoms with Crippen molar-refractivity contribution >= 4 is 33.9 Å². The van der Waals surface area contributed by atoms with Gasteiger partial charge in [-0.05, 0) is 42.8 Å². The van der Waals surface area contributed by atoms with E-state index in [1.807, 2.05) is 6.92 Å². The number of nitrogens with one attached hydrogen (secondary N) is 1. The van der Waals surface area contributed by atoms with E-state index in [4.69, 9.17) is 4.74 Å². The second-order valence-corrected chi connectivity index (χ2v) is 8.19. The SMILES string of the molecule is CCCc1nn2c(=O)cc(COC(=O)c3cccc(NC(=O)c4cccc(F)c4)c3)nc2s1. The normalized spacial score (nSPS) is 10.8. The van der Waals surface area contributed by atoms with Gasteiger partial charge >= 0.3 is 5.97 Å². The summed E-state index contributed by atoms with van der Waals surface area (Å²) in [6.07, 6.45) is 1.66. The number of rotatable bonds is 7. The molecule has 33 heavy (non-hydrogen) atoms. The van der Waals surface area contributed by atoms with Crippen LogP contribution in [0.25, 0.3) is 4.96 Å². The number of fused-ring (bicyclic) bond motifs is 1. The van der Waals surface area contributed by atoms with Crippen LogP contribution < -0.4 is 10.9 Å². The number of nitrogens with zero attached hydrogens (tertiary/aromatic N) is 3. The molecule has 1 N–H and O–H groups in total. The van der Waals surface area contributed by atoms with Gasteiger partial charge in [0.05, 0.1) is 11.3 Å². The van der Waals surface area contributed by atoms with Crippen molar-refractivity contribution in [3.05, 3.63) is 92.6 Å². The smallest absolute Gasteiger partial charge is 0.338 e. The van der Waals surface area contributed by atoms with E-state index in [0.717, 1.165) is 23.9 Å². The Morgan fingerprint density at radius 1 is 1.12 bits per heavy atom. The van der Waals surface area contributed by atoms with Crippen LogP contribution in [0.1, 0.15) is 44.8 Å². The fourth-order valence-corrected chi connectivity index (χ4v) is 4.08. The minimum atomic E-state index is -0.644. The number of carbonyl (C=O) groups excluding carboxylic acids is 2. The highest BCUT2D eigenvalue weighted by Crippen LogP contribution is 2.16. The summed E-state index contributed by atoms with van der Waals surface area (Å²) in [5.74, 6) is -1.67. The van der Waals surface area contributed by atoms with Gasteiger partial charge in [0.15, 0.2) is 0 Å². The maximum Gasteiger partial charge on any atom is 0.338 e. The number of anilines is 1. The third kappa shape index (κ3) is 5.29. The highest BCUT2D eigenvalue weighted by atomic mass is 32.1. The van der Waals surface area contributed by atoms with Crippen LogP contribution in [0.5, 0.6) is 0 Å². The van der Waals surface area contributed by atoms with Crippen molar-refractivity contribution in [2.75, 3.05) is 5.32 Å². The largest absolute Gasteiger partial charge is 0.456 e. The molecule has 0 bridgehead atoms. The lowest BCUT2D eigenvalue weighted by atomic mass is 10.1. The molecule has 0 spiro atoms. The lowest BCUT2D eigenvalue weighted by Gasteiger charge is -2.08. The van der Waals surface area contributed by atoms with Crippen molar-refractivity contribution in [3.8, 4) is 0 Å². The summed E-state index contributed by atoms with van der Waals surface area (Å²) in [5.41, 5.74) is 0.681. The molecule has 10 heteroatoms. The first kappa shape index (κ1) is 22.3. The first-order chi connectivity index (χ1) is 15.9. The number of amides is 1. The number of esters is 1. The van der Waals surface area contributed by atoms with E-state index in [1.54, 1.807) is 12.1 Å². The van der Waals surface area contributed by atoms with Crippen LogP contribution in [0.2, 0.25) is 0 Å². The molecule has 0 saturated carbocycles. The van der Waals surface area contributed by atoms with Gasteiger partial charge in [-0.3, -0.25) is 9.59 Å². The number of hydrogen-bond donors (Lipinski definition) is 1. The molecule has 2 aromatic heterocycles. The second kappa shape index (κ2) is 9.70. The van der Waals surface area contributed by atoms with Gasteiger partial charge in [-0.25, -0.2) is 14.2 Å². The first-order valence-electron chi connectivity index (χ1n) is 10.2. The van der Waals surface area contributed by atoms with Crippen molar-refractivity contribution < 1.29 is 18.7 Å². The van der Waals surface area contributed by atoms with E-state index in [0.29, 0.717) is 16.3 Å². The van der Waals surface area contributed by atoms with E-state index in [9.17, 15) is 18.8 Å².